The monoisotopic (exact) mass is 227 g/mol. The minimum Gasteiger partial charge on any atom is -0.356 e. The molecule has 0 unspecified atom stereocenters. The molecule has 0 aliphatic heterocycles. The lowest BCUT2D eigenvalue weighted by Gasteiger charge is -2.04. The minimum absolute atomic E-state index is 0.238. The van der Waals surface area contributed by atoms with Crippen molar-refractivity contribution in [2.45, 2.75) is 78.1 Å². The smallest absolute Gasteiger partial charge is 0.219 e. The Balaban J connectivity index is 3.09. The van der Waals surface area contributed by atoms with Crippen LogP contribution in [0.1, 0.15) is 78.1 Å². The van der Waals surface area contributed by atoms with Crippen LogP contribution in [0.3, 0.4) is 0 Å². The fourth-order valence-corrected chi connectivity index (χ4v) is 1.74. The summed E-state index contributed by atoms with van der Waals surface area (Å²) in [7, 11) is 0. The summed E-state index contributed by atoms with van der Waals surface area (Å²) in [6, 6.07) is 0. The summed E-state index contributed by atoms with van der Waals surface area (Å²) < 4.78 is 0. The van der Waals surface area contributed by atoms with Gasteiger partial charge in [-0.2, -0.15) is 0 Å². The number of hydrogen-bond acceptors (Lipinski definition) is 1. The Morgan fingerprint density at radius 1 is 0.812 bits per heavy atom. The summed E-state index contributed by atoms with van der Waals surface area (Å²) in [5.74, 6) is 0.238. The van der Waals surface area contributed by atoms with Gasteiger partial charge in [0.25, 0.3) is 0 Å². The van der Waals surface area contributed by atoms with E-state index in [1.54, 1.807) is 0 Å². The van der Waals surface area contributed by atoms with Crippen molar-refractivity contribution >= 4 is 5.91 Å². The van der Waals surface area contributed by atoms with E-state index in [2.05, 4.69) is 19.2 Å². The summed E-state index contributed by atoms with van der Waals surface area (Å²) in [4.78, 5) is 11.3. The van der Waals surface area contributed by atoms with Crippen molar-refractivity contribution in [2.75, 3.05) is 6.54 Å². The molecule has 0 aromatic carbocycles. The van der Waals surface area contributed by atoms with Crippen molar-refractivity contribution in [2.24, 2.45) is 0 Å². The molecule has 0 spiro atoms. The third-order valence-electron chi connectivity index (χ3n) is 2.86. The Morgan fingerprint density at radius 3 is 2.00 bits per heavy atom. The van der Waals surface area contributed by atoms with E-state index in [0.717, 1.165) is 32.2 Å². The molecule has 0 heterocycles. The highest BCUT2D eigenvalue weighted by molar-refractivity contribution is 5.75. The standard InChI is InChI=1S/C14H29NO/c1-3-5-7-8-9-10-11-12-14(16)15-13-6-4-2/h3-13H2,1-2H3,(H,15,16). The first kappa shape index (κ1) is 15.5. The molecule has 0 rings (SSSR count). The predicted octanol–water partition coefficient (Wildman–Crippen LogP) is 4.04. The van der Waals surface area contributed by atoms with Gasteiger partial charge in [0, 0.05) is 13.0 Å². The molecule has 96 valence electrons. The average molecular weight is 227 g/mol. The van der Waals surface area contributed by atoms with Crippen LogP contribution in [0.2, 0.25) is 0 Å². The molecule has 0 aromatic rings. The summed E-state index contributed by atoms with van der Waals surface area (Å²) in [5.41, 5.74) is 0. The average Bonchev–Trinajstić information content (AvgIpc) is 2.28. The highest BCUT2D eigenvalue weighted by Gasteiger charge is 1.99. The van der Waals surface area contributed by atoms with Crippen molar-refractivity contribution in [1.29, 1.82) is 0 Å². The second kappa shape index (κ2) is 12.5. The number of nitrogens with one attached hydrogen (secondary N) is 1. The molecule has 0 fully saturated rings. The van der Waals surface area contributed by atoms with Crippen LogP contribution in [-0.2, 0) is 4.79 Å². The van der Waals surface area contributed by atoms with Gasteiger partial charge in [0.2, 0.25) is 5.91 Å². The molecule has 0 saturated carbocycles. The fraction of sp³-hybridized carbons (Fsp3) is 0.929. The molecule has 0 aliphatic rings. The number of unbranched alkanes of at least 4 members (excludes halogenated alkanes) is 7. The maximum Gasteiger partial charge on any atom is 0.219 e. The van der Waals surface area contributed by atoms with Crippen molar-refractivity contribution < 1.29 is 4.79 Å². The van der Waals surface area contributed by atoms with Gasteiger partial charge in [0.15, 0.2) is 0 Å². The van der Waals surface area contributed by atoms with Gasteiger partial charge in [-0.1, -0.05) is 58.8 Å². The fourth-order valence-electron chi connectivity index (χ4n) is 1.74. The van der Waals surface area contributed by atoms with Gasteiger partial charge in [0.05, 0.1) is 0 Å². The molecule has 0 aliphatic carbocycles. The van der Waals surface area contributed by atoms with Crippen LogP contribution in [0.25, 0.3) is 0 Å². The van der Waals surface area contributed by atoms with E-state index in [4.69, 9.17) is 0 Å². The van der Waals surface area contributed by atoms with Crippen LogP contribution >= 0.6 is 0 Å². The van der Waals surface area contributed by atoms with E-state index in [9.17, 15) is 4.79 Å². The molecular formula is C14H29NO. The van der Waals surface area contributed by atoms with Gasteiger partial charge in [-0.25, -0.2) is 0 Å². The second-order valence-electron chi connectivity index (χ2n) is 4.57. The predicted molar refractivity (Wildman–Crippen MR) is 70.5 cm³/mol. The number of rotatable bonds is 11. The summed E-state index contributed by atoms with van der Waals surface area (Å²) in [6.45, 7) is 5.23. The number of carbonyl (C=O) groups excluding carboxylic acids is 1. The zero-order valence-corrected chi connectivity index (χ0v) is 11.2. The lowest BCUT2D eigenvalue weighted by atomic mass is 10.1. The number of carbonyl (C=O) groups is 1. The lowest BCUT2D eigenvalue weighted by molar-refractivity contribution is -0.121. The molecule has 2 heteroatoms. The normalized spacial score (nSPS) is 10.4. The minimum atomic E-state index is 0.238. The summed E-state index contributed by atoms with van der Waals surface area (Å²) >= 11 is 0. The SMILES string of the molecule is CCCCCCCCCC(=O)NCCCC. The van der Waals surface area contributed by atoms with E-state index in [0.29, 0.717) is 0 Å². The molecule has 2 nitrogen and oxygen atoms in total. The number of amides is 1. The van der Waals surface area contributed by atoms with Gasteiger partial charge in [-0.05, 0) is 12.8 Å². The van der Waals surface area contributed by atoms with Crippen LogP contribution in [-0.4, -0.2) is 12.5 Å². The third kappa shape index (κ3) is 11.5. The van der Waals surface area contributed by atoms with Crippen molar-refractivity contribution in [3.05, 3.63) is 0 Å². The van der Waals surface area contributed by atoms with Crippen molar-refractivity contribution in [1.82, 2.24) is 5.32 Å². The van der Waals surface area contributed by atoms with Crippen molar-refractivity contribution in [3.8, 4) is 0 Å². The zero-order valence-electron chi connectivity index (χ0n) is 11.2. The van der Waals surface area contributed by atoms with E-state index in [-0.39, 0.29) is 5.91 Å². The van der Waals surface area contributed by atoms with Gasteiger partial charge in [0.1, 0.15) is 0 Å². The Kier molecular flexibility index (Phi) is 12.1. The van der Waals surface area contributed by atoms with Gasteiger partial charge in [-0.15, -0.1) is 0 Å². The van der Waals surface area contributed by atoms with Crippen molar-refractivity contribution in [3.63, 3.8) is 0 Å². The molecule has 0 saturated heterocycles. The van der Waals surface area contributed by atoms with Gasteiger partial charge < -0.3 is 5.32 Å². The first-order chi connectivity index (χ1) is 7.81. The van der Waals surface area contributed by atoms with Crippen LogP contribution in [0.4, 0.5) is 0 Å². The Bertz CT molecular complexity index is 157. The quantitative estimate of drug-likeness (QED) is 0.530. The molecule has 0 radical (unpaired) electrons. The zero-order chi connectivity index (χ0) is 12.1. The van der Waals surface area contributed by atoms with E-state index in [1.165, 1.54) is 38.5 Å². The van der Waals surface area contributed by atoms with Gasteiger partial charge >= 0.3 is 0 Å². The van der Waals surface area contributed by atoms with E-state index >= 15 is 0 Å². The van der Waals surface area contributed by atoms with Crippen LogP contribution in [0.5, 0.6) is 0 Å². The number of hydrogen-bond donors (Lipinski definition) is 1. The molecule has 1 N–H and O–H groups in total. The van der Waals surface area contributed by atoms with Crippen LogP contribution in [0.15, 0.2) is 0 Å². The van der Waals surface area contributed by atoms with Crippen LogP contribution < -0.4 is 5.32 Å². The molecule has 0 atom stereocenters. The largest absolute Gasteiger partial charge is 0.356 e. The first-order valence-corrected chi connectivity index (χ1v) is 7.08. The Labute approximate surface area is 101 Å². The lowest BCUT2D eigenvalue weighted by Crippen LogP contribution is -2.23. The molecule has 16 heavy (non-hydrogen) atoms. The highest BCUT2D eigenvalue weighted by atomic mass is 16.1. The highest BCUT2D eigenvalue weighted by Crippen LogP contribution is 2.08. The Hall–Kier alpha value is -0.530. The maximum absolute atomic E-state index is 11.3. The maximum atomic E-state index is 11.3. The second-order valence-corrected chi connectivity index (χ2v) is 4.57. The topological polar surface area (TPSA) is 29.1 Å². The summed E-state index contributed by atoms with van der Waals surface area (Å²) in [6.07, 6.45) is 11.9. The molecular weight excluding hydrogens is 198 g/mol. The van der Waals surface area contributed by atoms with Crippen LogP contribution in [0, 0.1) is 0 Å². The van der Waals surface area contributed by atoms with E-state index in [1.807, 2.05) is 0 Å². The molecule has 1 amide bonds. The molecule has 0 bridgehead atoms. The van der Waals surface area contributed by atoms with Gasteiger partial charge in [-0.3, -0.25) is 4.79 Å². The third-order valence-corrected chi connectivity index (χ3v) is 2.86. The van der Waals surface area contributed by atoms with E-state index < -0.39 is 0 Å². The first-order valence-electron chi connectivity index (χ1n) is 7.08. The Morgan fingerprint density at radius 2 is 1.38 bits per heavy atom. The molecule has 0 aromatic heterocycles. The summed E-state index contributed by atoms with van der Waals surface area (Å²) in [5, 5.41) is 2.96.